The van der Waals surface area contributed by atoms with Gasteiger partial charge in [0.15, 0.2) is 5.76 Å². The second kappa shape index (κ2) is 8.90. The summed E-state index contributed by atoms with van der Waals surface area (Å²) >= 11 is 5.90. The predicted octanol–water partition coefficient (Wildman–Crippen LogP) is 6.41. The fourth-order valence-electron chi connectivity index (χ4n) is 3.05. The second-order valence-corrected chi connectivity index (χ2v) is 7.46. The van der Waals surface area contributed by atoms with Crippen molar-refractivity contribution in [3.05, 3.63) is 107 Å². The molecular formula is C25H19ClN2O3. The smallest absolute Gasteiger partial charge is 0.291 e. The molecule has 6 heteroatoms. The van der Waals surface area contributed by atoms with Gasteiger partial charge in [-0.2, -0.15) is 0 Å². The normalized spacial score (nSPS) is 10.5. The Morgan fingerprint density at radius 2 is 1.42 bits per heavy atom. The zero-order chi connectivity index (χ0) is 21.8. The Morgan fingerprint density at radius 1 is 0.774 bits per heavy atom. The van der Waals surface area contributed by atoms with Gasteiger partial charge < -0.3 is 15.1 Å². The third-order valence-corrected chi connectivity index (χ3v) is 4.89. The lowest BCUT2D eigenvalue weighted by atomic mass is 10.1. The number of rotatable bonds is 5. The molecule has 4 rings (SSSR count). The van der Waals surface area contributed by atoms with Crippen LogP contribution in [-0.4, -0.2) is 11.8 Å². The maximum Gasteiger partial charge on any atom is 0.291 e. The Labute approximate surface area is 184 Å². The molecule has 4 aromatic rings. The summed E-state index contributed by atoms with van der Waals surface area (Å²) in [5.74, 6) is 0.223. The van der Waals surface area contributed by atoms with Gasteiger partial charge in [-0.15, -0.1) is 0 Å². The number of carbonyl (C=O) groups is 2. The molecule has 1 heterocycles. The van der Waals surface area contributed by atoms with Crippen molar-refractivity contribution in [2.75, 3.05) is 10.6 Å². The SMILES string of the molecule is Cc1cccc(C(=O)Nc2ccc(NC(=O)c3ccc(-c4ccc(Cl)cc4)o3)cc2)c1. The highest BCUT2D eigenvalue weighted by molar-refractivity contribution is 6.30. The molecule has 0 saturated carbocycles. The van der Waals surface area contributed by atoms with Crippen LogP contribution < -0.4 is 10.6 Å². The highest BCUT2D eigenvalue weighted by atomic mass is 35.5. The number of amides is 2. The fourth-order valence-corrected chi connectivity index (χ4v) is 3.17. The topological polar surface area (TPSA) is 71.3 Å². The summed E-state index contributed by atoms with van der Waals surface area (Å²) in [5.41, 5.74) is 3.65. The minimum absolute atomic E-state index is 0.189. The largest absolute Gasteiger partial charge is 0.451 e. The van der Waals surface area contributed by atoms with Gasteiger partial charge in [0, 0.05) is 27.5 Å². The minimum atomic E-state index is -0.364. The Kier molecular flexibility index (Phi) is 5.87. The van der Waals surface area contributed by atoms with Crippen LogP contribution in [0, 0.1) is 6.92 Å². The van der Waals surface area contributed by atoms with Gasteiger partial charge in [0.1, 0.15) is 5.76 Å². The van der Waals surface area contributed by atoms with Crippen molar-refractivity contribution in [1.82, 2.24) is 0 Å². The second-order valence-electron chi connectivity index (χ2n) is 7.03. The van der Waals surface area contributed by atoms with Crippen LogP contribution in [0.2, 0.25) is 5.02 Å². The van der Waals surface area contributed by atoms with E-state index in [9.17, 15) is 9.59 Å². The predicted molar refractivity (Wildman–Crippen MR) is 123 cm³/mol. The van der Waals surface area contributed by atoms with Gasteiger partial charge in [-0.3, -0.25) is 9.59 Å². The average molecular weight is 431 g/mol. The van der Waals surface area contributed by atoms with Gasteiger partial charge in [0.25, 0.3) is 11.8 Å². The molecule has 0 aliphatic carbocycles. The highest BCUT2D eigenvalue weighted by Crippen LogP contribution is 2.24. The van der Waals surface area contributed by atoms with Crippen molar-refractivity contribution in [3.63, 3.8) is 0 Å². The molecule has 5 nitrogen and oxygen atoms in total. The quantitative estimate of drug-likeness (QED) is 0.384. The molecule has 0 spiro atoms. The minimum Gasteiger partial charge on any atom is -0.451 e. The molecule has 2 amide bonds. The van der Waals surface area contributed by atoms with Gasteiger partial charge in [0.05, 0.1) is 0 Å². The summed E-state index contributed by atoms with van der Waals surface area (Å²) in [6.45, 7) is 1.94. The first kappa shape index (κ1) is 20.4. The molecule has 31 heavy (non-hydrogen) atoms. The highest BCUT2D eigenvalue weighted by Gasteiger charge is 2.13. The van der Waals surface area contributed by atoms with Gasteiger partial charge in [0.2, 0.25) is 0 Å². The first-order chi connectivity index (χ1) is 15.0. The Morgan fingerprint density at radius 3 is 2.06 bits per heavy atom. The third kappa shape index (κ3) is 5.02. The van der Waals surface area contributed by atoms with E-state index in [1.807, 2.05) is 37.3 Å². The van der Waals surface area contributed by atoms with Crippen molar-refractivity contribution in [2.45, 2.75) is 6.92 Å². The summed E-state index contributed by atoms with van der Waals surface area (Å²) in [5, 5.41) is 6.26. The standard InChI is InChI=1S/C25H19ClN2O3/c1-16-3-2-4-18(15-16)24(29)27-20-9-11-21(12-10-20)28-25(30)23-14-13-22(31-23)17-5-7-19(26)8-6-17/h2-15H,1H3,(H,27,29)(H,28,30). The number of benzene rings is 3. The monoisotopic (exact) mass is 430 g/mol. The lowest BCUT2D eigenvalue weighted by Gasteiger charge is -2.08. The van der Waals surface area contributed by atoms with E-state index >= 15 is 0 Å². The Bertz CT molecular complexity index is 1230. The van der Waals surface area contributed by atoms with Gasteiger partial charge in [-0.05, 0) is 79.7 Å². The van der Waals surface area contributed by atoms with E-state index in [1.165, 1.54) is 0 Å². The number of hydrogen-bond donors (Lipinski definition) is 2. The molecular weight excluding hydrogens is 412 g/mol. The fraction of sp³-hybridized carbons (Fsp3) is 0.0400. The molecule has 0 aliphatic heterocycles. The van der Waals surface area contributed by atoms with Gasteiger partial charge in [-0.1, -0.05) is 29.3 Å². The number of halogens is 1. The number of hydrogen-bond acceptors (Lipinski definition) is 3. The van der Waals surface area contributed by atoms with E-state index < -0.39 is 0 Å². The van der Waals surface area contributed by atoms with Crippen LogP contribution in [0.5, 0.6) is 0 Å². The van der Waals surface area contributed by atoms with Crippen LogP contribution in [0.15, 0.2) is 89.3 Å². The lowest BCUT2D eigenvalue weighted by Crippen LogP contribution is -2.13. The first-order valence-corrected chi connectivity index (χ1v) is 10.0. The molecule has 0 atom stereocenters. The molecule has 0 bridgehead atoms. The van der Waals surface area contributed by atoms with Crippen LogP contribution in [-0.2, 0) is 0 Å². The van der Waals surface area contributed by atoms with Crippen molar-refractivity contribution < 1.29 is 14.0 Å². The van der Waals surface area contributed by atoms with E-state index in [2.05, 4.69) is 10.6 Å². The summed E-state index contributed by atoms with van der Waals surface area (Å²) < 4.78 is 5.67. The molecule has 0 fully saturated rings. The number of carbonyl (C=O) groups excluding carboxylic acids is 2. The van der Waals surface area contributed by atoms with Crippen molar-refractivity contribution in [1.29, 1.82) is 0 Å². The summed E-state index contributed by atoms with van der Waals surface area (Å²) in [6.07, 6.45) is 0. The van der Waals surface area contributed by atoms with Crippen LogP contribution >= 0.6 is 11.6 Å². The van der Waals surface area contributed by atoms with Crippen LogP contribution in [0.3, 0.4) is 0 Å². The Balaban J connectivity index is 1.39. The van der Waals surface area contributed by atoms with Gasteiger partial charge >= 0.3 is 0 Å². The molecule has 3 aromatic carbocycles. The van der Waals surface area contributed by atoms with E-state index in [0.29, 0.717) is 27.7 Å². The van der Waals surface area contributed by atoms with E-state index in [1.54, 1.807) is 54.6 Å². The zero-order valence-corrected chi connectivity index (χ0v) is 17.4. The molecule has 2 N–H and O–H groups in total. The van der Waals surface area contributed by atoms with Crippen molar-refractivity contribution in [3.8, 4) is 11.3 Å². The number of anilines is 2. The summed E-state index contributed by atoms with van der Waals surface area (Å²) in [4.78, 5) is 24.8. The van der Waals surface area contributed by atoms with Crippen molar-refractivity contribution >= 4 is 34.8 Å². The van der Waals surface area contributed by atoms with E-state index in [0.717, 1.165) is 11.1 Å². The van der Waals surface area contributed by atoms with Crippen LogP contribution in [0.1, 0.15) is 26.5 Å². The van der Waals surface area contributed by atoms with Crippen molar-refractivity contribution in [2.24, 2.45) is 0 Å². The first-order valence-electron chi connectivity index (χ1n) is 9.63. The lowest BCUT2D eigenvalue weighted by molar-refractivity contribution is 0.0995. The molecule has 1 aromatic heterocycles. The number of nitrogens with one attached hydrogen (secondary N) is 2. The average Bonchev–Trinajstić information content (AvgIpc) is 3.26. The van der Waals surface area contributed by atoms with Crippen LogP contribution in [0.25, 0.3) is 11.3 Å². The number of aryl methyl sites for hydroxylation is 1. The molecule has 0 aliphatic rings. The maximum absolute atomic E-state index is 12.5. The van der Waals surface area contributed by atoms with E-state index in [4.69, 9.17) is 16.0 Å². The summed E-state index contributed by atoms with van der Waals surface area (Å²) in [7, 11) is 0. The molecule has 154 valence electrons. The summed E-state index contributed by atoms with van der Waals surface area (Å²) in [6, 6.07) is 24.8. The molecule has 0 unspecified atom stereocenters. The molecule has 0 radical (unpaired) electrons. The third-order valence-electron chi connectivity index (χ3n) is 4.64. The van der Waals surface area contributed by atoms with Gasteiger partial charge in [-0.25, -0.2) is 0 Å². The van der Waals surface area contributed by atoms with Crippen LogP contribution in [0.4, 0.5) is 11.4 Å². The zero-order valence-electron chi connectivity index (χ0n) is 16.7. The van der Waals surface area contributed by atoms with E-state index in [-0.39, 0.29) is 17.6 Å². The number of furan rings is 1. The molecule has 0 saturated heterocycles. The maximum atomic E-state index is 12.5. The Hall–Kier alpha value is -3.83.